The Bertz CT molecular complexity index is 1010. The Hall–Kier alpha value is -2.69. The van der Waals surface area contributed by atoms with Gasteiger partial charge in [0.2, 0.25) is 5.95 Å². The first-order chi connectivity index (χ1) is 13.0. The van der Waals surface area contributed by atoms with Gasteiger partial charge in [-0.15, -0.1) is 0 Å². The molecule has 3 heterocycles. The minimum atomic E-state index is -0.992. The number of alkyl halides is 1. The van der Waals surface area contributed by atoms with Gasteiger partial charge in [0.25, 0.3) is 0 Å². The lowest BCUT2D eigenvalue weighted by Crippen LogP contribution is -2.50. The zero-order valence-corrected chi connectivity index (χ0v) is 15.3. The number of piperidine rings is 1. The molecule has 1 aromatic carbocycles. The summed E-state index contributed by atoms with van der Waals surface area (Å²) in [4.78, 5) is 11.1. The fraction of sp³-hybridized carbons (Fsp3) is 0.316. The van der Waals surface area contributed by atoms with Gasteiger partial charge in [-0.2, -0.15) is 5.26 Å². The molecule has 138 valence electrons. The van der Waals surface area contributed by atoms with Crippen LogP contribution in [0.25, 0.3) is 11.0 Å². The van der Waals surface area contributed by atoms with Gasteiger partial charge in [0.15, 0.2) is 0 Å². The lowest BCUT2D eigenvalue weighted by molar-refractivity contribution is 0.243. The van der Waals surface area contributed by atoms with Crippen molar-refractivity contribution >= 4 is 28.6 Å². The molecule has 1 aliphatic rings. The van der Waals surface area contributed by atoms with Crippen molar-refractivity contribution in [2.75, 3.05) is 18.0 Å². The van der Waals surface area contributed by atoms with E-state index in [4.69, 9.17) is 27.6 Å². The number of anilines is 1. The van der Waals surface area contributed by atoms with E-state index >= 15 is 0 Å². The molecule has 0 saturated carbocycles. The van der Waals surface area contributed by atoms with Crippen molar-refractivity contribution < 1.29 is 4.39 Å². The van der Waals surface area contributed by atoms with E-state index in [0.717, 1.165) is 22.7 Å². The van der Waals surface area contributed by atoms with Crippen LogP contribution in [0.5, 0.6) is 0 Å². The smallest absolute Gasteiger partial charge is 0.206 e. The Morgan fingerprint density at radius 3 is 2.89 bits per heavy atom. The van der Waals surface area contributed by atoms with Gasteiger partial charge in [-0.05, 0) is 36.8 Å². The summed E-state index contributed by atoms with van der Waals surface area (Å²) < 4.78 is 15.8. The standard InChI is InChI=1S/C19H18ClFN6/c20-13-2-4-18-17(7-13)25-19(26-6-5-15(21)16(23)11-26)27(18)10-14-3-1-12(8-22)9-24-14/h1-4,7,9,15-16H,5-6,10-11,23H2/t15-,16+/m0/s1. The third-order valence-electron chi connectivity index (χ3n) is 4.82. The molecule has 27 heavy (non-hydrogen) atoms. The average molecular weight is 385 g/mol. The highest BCUT2D eigenvalue weighted by Crippen LogP contribution is 2.28. The second kappa shape index (κ2) is 7.14. The lowest BCUT2D eigenvalue weighted by atomic mass is 10.1. The molecule has 0 unspecified atom stereocenters. The lowest BCUT2D eigenvalue weighted by Gasteiger charge is -2.34. The van der Waals surface area contributed by atoms with Crippen molar-refractivity contribution in [3.63, 3.8) is 0 Å². The third-order valence-corrected chi connectivity index (χ3v) is 5.05. The highest BCUT2D eigenvalue weighted by atomic mass is 35.5. The first-order valence-corrected chi connectivity index (χ1v) is 9.08. The molecule has 0 radical (unpaired) electrons. The molecule has 2 N–H and O–H groups in total. The number of pyridine rings is 1. The molecule has 1 fully saturated rings. The number of rotatable bonds is 3. The number of fused-ring (bicyclic) bond motifs is 1. The Labute approximate surface area is 161 Å². The molecule has 1 saturated heterocycles. The van der Waals surface area contributed by atoms with Gasteiger partial charge in [-0.25, -0.2) is 9.37 Å². The van der Waals surface area contributed by atoms with Crippen molar-refractivity contribution in [2.45, 2.75) is 25.2 Å². The number of hydrogen-bond acceptors (Lipinski definition) is 5. The largest absolute Gasteiger partial charge is 0.340 e. The summed E-state index contributed by atoms with van der Waals surface area (Å²) in [6, 6.07) is 10.6. The molecule has 2 aromatic heterocycles. The summed E-state index contributed by atoms with van der Waals surface area (Å²) >= 11 is 6.13. The number of benzene rings is 1. The average Bonchev–Trinajstić information content (AvgIpc) is 3.02. The van der Waals surface area contributed by atoms with Gasteiger partial charge >= 0.3 is 0 Å². The first-order valence-electron chi connectivity index (χ1n) is 8.70. The van der Waals surface area contributed by atoms with Crippen LogP contribution < -0.4 is 10.6 Å². The summed E-state index contributed by atoms with van der Waals surface area (Å²) in [5.74, 6) is 0.723. The summed E-state index contributed by atoms with van der Waals surface area (Å²) in [6.45, 7) is 1.43. The monoisotopic (exact) mass is 384 g/mol. The van der Waals surface area contributed by atoms with Gasteiger partial charge in [-0.1, -0.05) is 11.6 Å². The predicted molar refractivity (Wildman–Crippen MR) is 102 cm³/mol. The van der Waals surface area contributed by atoms with E-state index in [-0.39, 0.29) is 0 Å². The number of nitrogens with zero attached hydrogens (tertiary/aromatic N) is 5. The summed E-state index contributed by atoms with van der Waals surface area (Å²) in [5.41, 5.74) is 8.93. The number of nitriles is 1. The number of hydrogen-bond donors (Lipinski definition) is 1. The Kier molecular flexibility index (Phi) is 4.68. The van der Waals surface area contributed by atoms with E-state index in [1.165, 1.54) is 0 Å². The maximum atomic E-state index is 13.8. The SMILES string of the molecule is N#Cc1ccc(Cn2c(N3CC[C@H](F)[C@H](N)C3)nc3cc(Cl)ccc32)nc1. The zero-order chi connectivity index (χ0) is 19.0. The molecule has 0 bridgehead atoms. The van der Waals surface area contributed by atoms with Crippen LogP contribution >= 0.6 is 11.6 Å². The van der Waals surface area contributed by atoms with E-state index in [0.29, 0.717) is 36.6 Å². The summed E-state index contributed by atoms with van der Waals surface area (Å²) in [7, 11) is 0. The fourth-order valence-electron chi connectivity index (χ4n) is 3.37. The number of imidazole rings is 1. The van der Waals surface area contributed by atoms with Crippen LogP contribution in [0.2, 0.25) is 5.02 Å². The third kappa shape index (κ3) is 3.46. The van der Waals surface area contributed by atoms with Gasteiger partial charge in [0.1, 0.15) is 12.2 Å². The second-order valence-electron chi connectivity index (χ2n) is 6.70. The van der Waals surface area contributed by atoms with Crippen molar-refractivity contribution in [3.05, 3.63) is 52.8 Å². The van der Waals surface area contributed by atoms with Crippen LogP contribution in [0.3, 0.4) is 0 Å². The van der Waals surface area contributed by atoms with E-state index < -0.39 is 12.2 Å². The molecule has 3 aromatic rings. The van der Waals surface area contributed by atoms with Crippen molar-refractivity contribution in [3.8, 4) is 6.07 Å². The number of aromatic nitrogens is 3. The van der Waals surface area contributed by atoms with Gasteiger partial charge in [-0.3, -0.25) is 4.98 Å². The van der Waals surface area contributed by atoms with Crippen LogP contribution in [0.1, 0.15) is 17.7 Å². The topological polar surface area (TPSA) is 83.8 Å². The van der Waals surface area contributed by atoms with E-state index in [9.17, 15) is 4.39 Å². The molecule has 4 rings (SSSR count). The molecule has 1 aliphatic heterocycles. The van der Waals surface area contributed by atoms with Crippen molar-refractivity contribution in [1.82, 2.24) is 14.5 Å². The number of nitrogens with two attached hydrogens (primary N) is 1. The van der Waals surface area contributed by atoms with E-state index in [2.05, 4.69) is 11.1 Å². The Balaban J connectivity index is 1.75. The molecule has 6 nitrogen and oxygen atoms in total. The normalized spacial score (nSPS) is 20.0. The van der Waals surface area contributed by atoms with E-state index in [1.807, 2.05) is 33.7 Å². The molecule has 0 spiro atoms. The molecule has 0 amide bonds. The molecular weight excluding hydrogens is 367 g/mol. The van der Waals surface area contributed by atoms with Crippen molar-refractivity contribution in [2.24, 2.45) is 5.73 Å². The van der Waals surface area contributed by atoms with Crippen LogP contribution in [0.4, 0.5) is 10.3 Å². The molecule has 8 heteroatoms. The highest BCUT2D eigenvalue weighted by molar-refractivity contribution is 6.31. The van der Waals surface area contributed by atoms with E-state index in [1.54, 1.807) is 12.3 Å². The van der Waals surface area contributed by atoms with Crippen LogP contribution in [0.15, 0.2) is 36.5 Å². The fourth-order valence-corrected chi connectivity index (χ4v) is 3.54. The Morgan fingerprint density at radius 1 is 1.33 bits per heavy atom. The number of halogens is 2. The second-order valence-corrected chi connectivity index (χ2v) is 7.13. The quantitative estimate of drug-likeness (QED) is 0.750. The first kappa shape index (κ1) is 17.7. The maximum absolute atomic E-state index is 13.8. The predicted octanol–water partition coefficient (Wildman–Crippen LogP) is 2.88. The van der Waals surface area contributed by atoms with Gasteiger partial charge in [0, 0.05) is 24.3 Å². The summed E-state index contributed by atoms with van der Waals surface area (Å²) in [5, 5.41) is 9.55. The molecule has 2 atom stereocenters. The highest BCUT2D eigenvalue weighted by Gasteiger charge is 2.29. The van der Waals surface area contributed by atoms with Gasteiger partial charge in [0.05, 0.1) is 34.9 Å². The van der Waals surface area contributed by atoms with Crippen LogP contribution in [0, 0.1) is 11.3 Å². The summed E-state index contributed by atoms with van der Waals surface area (Å²) in [6.07, 6.45) is 0.934. The minimum Gasteiger partial charge on any atom is -0.340 e. The molecular formula is C19H18ClFN6. The minimum absolute atomic E-state index is 0.375. The zero-order valence-electron chi connectivity index (χ0n) is 14.5. The van der Waals surface area contributed by atoms with Gasteiger partial charge < -0.3 is 15.2 Å². The maximum Gasteiger partial charge on any atom is 0.206 e. The van der Waals surface area contributed by atoms with Crippen LogP contribution in [-0.2, 0) is 6.54 Å². The van der Waals surface area contributed by atoms with Crippen molar-refractivity contribution in [1.29, 1.82) is 5.26 Å². The Morgan fingerprint density at radius 2 is 2.19 bits per heavy atom. The van der Waals surface area contributed by atoms with Crippen LogP contribution in [-0.4, -0.2) is 39.8 Å². The molecule has 0 aliphatic carbocycles.